The van der Waals surface area contributed by atoms with E-state index in [1.54, 1.807) is 26.5 Å². The Labute approximate surface area is 235 Å². The van der Waals surface area contributed by atoms with E-state index in [1.807, 2.05) is 54.6 Å². The van der Waals surface area contributed by atoms with Crippen LogP contribution in [0.1, 0.15) is 56.6 Å². The fourth-order valence-corrected chi connectivity index (χ4v) is 5.77. The van der Waals surface area contributed by atoms with Crippen LogP contribution < -0.4 is 9.47 Å². The number of esters is 1. The second-order valence-electron chi connectivity index (χ2n) is 9.40. The maximum Gasteiger partial charge on any atom is 0.339 e. The van der Waals surface area contributed by atoms with Gasteiger partial charge in [0.05, 0.1) is 37.1 Å². The van der Waals surface area contributed by atoms with E-state index < -0.39 is 24.3 Å². The van der Waals surface area contributed by atoms with Gasteiger partial charge < -0.3 is 14.2 Å². The van der Waals surface area contributed by atoms with Crippen molar-refractivity contribution in [1.82, 2.24) is 9.97 Å². The van der Waals surface area contributed by atoms with E-state index in [0.717, 1.165) is 40.9 Å². The first kappa shape index (κ1) is 27.0. The number of para-hydroxylation sites is 1. The lowest BCUT2D eigenvalue weighted by atomic mass is 9.86. The molecule has 0 spiro atoms. The number of nitriles is 1. The van der Waals surface area contributed by atoms with Gasteiger partial charge in [-0.15, -0.1) is 11.3 Å². The minimum atomic E-state index is -1.08. The molecule has 2 aromatic carbocycles. The summed E-state index contributed by atoms with van der Waals surface area (Å²) >= 11 is 1.24. The van der Waals surface area contributed by atoms with Crippen LogP contribution in [0.15, 0.2) is 47.8 Å². The zero-order valence-corrected chi connectivity index (χ0v) is 23.2. The Bertz CT molecular complexity index is 1680. The van der Waals surface area contributed by atoms with E-state index in [4.69, 9.17) is 19.2 Å². The van der Waals surface area contributed by atoms with E-state index in [2.05, 4.69) is 4.98 Å². The molecule has 9 heteroatoms. The Morgan fingerprint density at radius 3 is 2.62 bits per heavy atom. The number of nitrogens with zero attached hydrogens (tertiary/aromatic N) is 3. The maximum absolute atomic E-state index is 13.6. The van der Waals surface area contributed by atoms with Crippen LogP contribution in [0, 0.1) is 18.3 Å². The summed E-state index contributed by atoms with van der Waals surface area (Å²) in [6.07, 6.45) is 4.31. The first-order chi connectivity index (χ1) is 19.4. The van der Waals surface area contributed by atoms with Crippen LogP contribution in [-0.2, 0) is 16.0 Å². The Morgan fingerprint density at radius 2 is 1.90 bits per heavy atom. The highest BCUT2D eigenvalue weighted by Crippen LogP contribution is 2.37. The lowest BCUT2D eigenvalue weighted by molar-refractivity contribution is -0.122. The molecular formula is C31H27N3O5S. The van der Waals surface area contributed by atoms with Gasteiger partial charge in [0.25, 0.3) is 0 Å². The molecule has 0 aliphatic heterocycles. The van der Waals surface area contributed by atoms with Gasteiger partial charge in [0, 0.05) is 16.5 Å². The van der Waals surface area contributed by atoms with Gasteiger partial charge in [-0.25, -0.2) is 14.8 Å². The molecule has 2 heterocycles. The number of rotatable bonds is 8. The molecule has 1 unspecified atom stereocenters. The van der Waals surface area contributed by atoms with E-state index in [9.17, 15) is 14.9 Å². The number of ketones is 1. The molecule has 0 N–H and O–H groups in total. The molecule has 1 aliphatic rings. The summed E-state index contributed by atoms with van der Waals surface area (Å²) in [5.41, 5.74) is 5.25. The third kappa shape index (κ3) is 5.31. The molecule has 0 saturated carbocycles. The summed E-state index contributed by atoms with van der Waals surface area (Å²) in [5, 5.41) is 12.4. The Morgan fingerprint density at radius 1 is 1.10 bits per heavy atom. The van der Waals surface area contributed by atoms with Gasteiger partial charge in [-0.1, -0.05) is 24.3 Å². The van der Waals surface area contributed by atoms with Gasteiger partial charge in [0.15, 0.2) is 29.8 Å². The monoisotopic (exact) mass is 553 g/mol. The summed E-state index contributed by atoms with van der Waals surface area (Å²) in [4.78, 5) is 35.6. The third-order valence-corrected chi connectivity index (χ3v) is 7.83. The van der Waals surface area contributed by atoms with Crippen molar-refractivity contribution < 1.29 is 23.8 Å². The number of aromatic nitrogens is 2. The fourth-order valence-electron chi connectivity index (χ4n) is 4.91. The number of Topliss-reactive ketones (excluding diaryl/α,β-unsaturated/α-hetero) is 1. The number of benzene rings is 2. The van der Waals surface area contributed by atoms with Crippen molar-refractivity contribution in [1.29, 1.82) is 5.26 Å². The summed E-state index contributed by atoms with van der Waals surface area (Å²) in [7, 11) is 3.19. The van der Waals surface area contributed by atoms with Crippen LogP contribution >= 0.6 is 11.3 Å². The second kappa shape index (κ2) is 11.7. The summed E-state index contributed by atoms with van der Waals surface area (Å²) in [5.74, 6) is -0.933. The number of thiazole rings is 1. The number of aryl methyl sites for hydroxylation is 1. The average molecular weight is 554 g/mol. The van der Waals surface area contributed by atoms with Gasteiger partial charge in [0.1, 0.15) is 5.01 Å². The van der Waals surface area contributed by atoms with Crippen LogP contribution in [0.2, 0.25) is 0 Å². The van der Waals surface area contributed by atoms with Crippen LogP contribution in [0.25, 0.3) is 22.6 Å². The number of allylic oxidation sites excluding steroid dienone is 1. The van der Waals surface area contributed by atoms with Crippen molar-refractivity contribution in [3.8, 4) is 17.6 Å². The zero-order chi connectivity index (χ0) is 28.2. The minimum absolute atomic E-state index is 0.401. The van der Waals surface area contributed by atoms with E-state index in [-0.39, 0.29) is 0 Å². The minimum Gasteiger partial charge on any atom is -0.493 e. The van der Waals surface area contributed by atoms with Crippen LogP contribution in [-0.4, -0.2) is 42.5 Å². The normalized spacial score (nSPS) is 14.3. The topological polar surface area (TPSA) is 111 Å². The molecule has 2 aromatic heterocycles. The van der Waals surface area contributed by atoms with Crippen molar-refractivity contribution in [2.24, 2.45) is 0 Å². The number of hydrogen-bond acceptors (Lipinski definition) is 9. The summed E-state index contributed by atoms with van der Waals surface area (Å²) in [6.45, 7) is 1.28. The number of carbonyl (C=O) groups excluding carboxylic acids is 2. The average Bonchev–Trinajstić information content (AvgIpc) is 3.40. The van der Waals surface area contributed by atoms with Gasteiger partial charge in [0.2, 0.25) is 0 Å². The number of fused-ring (bicyclic) bond motifs is 2. The first-order valence-electron chi connectivity index (χ1n) is 12.8. The quantitative estimate of drug-likeness (QED) is 0.247. The molecule has 5 rings (SSSR count). The lowest BCUT2D eigenvalue weighted by Crippen LogP contribution is -2.21. The number of ether oxygens (including phenoxy) is 3. The molecule has 40 heavy (non-hydrogen) atoms. The van der Waals surface area contributed by atoms with E-state index in [1.165, 1.54) is 11.3 Å². The summed E-state index contributed by atoms with van der Waals surface area (Å²) < 4.78 is 16.4. The largest absolute Gasteiger partial charge is 0.493 e. The van der Waals surface area contributed by atoms with Gasteiger partial charge in [-0.3, -0.25) is 4.79 Å². The van der Waals surface area contributed by atoms with Gasteiger partial charge >= 0.3 is 5.97 Å². The van der Waals surface area contributed by atoms with Crippen molar-refractivity contribution >= 4 is 45.6 Å². The molecule has 202 valence electrons. The highest BCUT2D eigenvalue weighted by atomic mass is 32.1. The number of methoxy groups -OCH3 is 2. The molecule has 0 radical (unpaired) electrons. The molecule has 1 atom stereocenters. The molecule has 4 aromatic rings. The fraction of sp³-hybridized carbons (Fsp3) is 0.258. The van der Waals surface area contributed by atoms with Gasteiger partial charge in [-0.2, -0.15) is 5.26 Å². The molecule has 8 nitrogen and oxygen atoms in total. The SMILES string of the molecule is COc1ccc(C=C2CCCc3c2nc2ccccc2c3C(=O)OCC(=O)C(C#N)c2nc(C)cs2)cc1OC. The van der Waals surface area contributed by atoms with E-state index >= 15 is 0 Å². The maximum atomic E-state index is 13.6. The lowest BCUT2D eigenvalue weighted by Gasteiger charge is -2.22. The van der Waals surface area contributed by atoms with E-state index in [0.29, 0.717) is 39.4 Å². The highest BCUT2D eigenvalue weighted by Gasteiger charge is 2.28. The van der Waals surface area contributed by atoms with Crippen LogP contribution in [0.3, 0.4) is 0 Å². The second-order valence-corrected chi connectivity index (χ2v) is 10.3. The smallest absolute Gasteiger partial charge is 0.339 e. The molecule has 0 bridgehead atoms. The Balaban J connectivity index is 1.50. The van der Waals surface area contributed by atoms with Crippen LogP contribution in [0.4, 0.5) is 0 Å². The molecule has 0 fully saturated rings. The highest BCUT2D eigenvalue weighted by molar-refractivity contribution is 7.09. The Kier molecular flexibility index (Phi) is 7.89. The van der Waals surface area contributed by atoms with Crippen molar-refractivity contribution in [2.75, 3.05) is 20.8 Å². The molecule has 1 aliphatic carbocycles. The van der Waals surface area contributed by atoms with Crippen LogP contribution in [0.5, 0.6) is 11.5 Å². The van der Waals surface area contributed by atoms with Crippen molar-refractivity contribution in [3.63, 3.8) is 0 Å². The van der Waals surface area contributed by atoms with Crippen molar-refractivity contribution in [3.05, 3.63) is 80.9 Å². The predicted molar refractivity (Wildman–Crippen MR) is 153 cm³/mol. The third-order valence-electron chi connectivity index (χ3n) is 6.80. The summed E-state index contributed by atoms with van der Waals surface area (Å²) in [6, 6.07) is 15.1. The standard InChI is InChI=1S/C31H27N3O5S/c1-18-17-40-30(33-18)23(15-32)25(35)16-39-31(36)28-21-8-4-5-10-24(21)34-29-20(7-6-9-22(28)29)13-19-11-12-26(37-2)27(14-19)38-3/h4-5,8,10-14,17,23H,6-7,9,16H2,1-3H3. The van der Waals surface area contributed by atoms with Crippen molar-refractivity contribution in [2.45, 2.75) is 32.1 Å². The predicted octanol–water partition coefficient (Wildman–Crippen LogP) is 5.93. The molecule has 0 saturated heterocycles. The zero-order valence-electron chi connectivity index (χ0n) is 22.4. The number of carbonyl (C=O) groups is 2. The van der Waals surface area contributed by atoms with Gasteiger partial charge in [-0.05, 0) is 67.2 Å². The number of hydrogen-bond donors (Lipinski definition) is 0. The Hall–Kier alpha value is -4.55. The molecule has 0 amide bonds. The number of pyridine rings is 1. The first-order valence-corrected chi connectivity index (χ1v) is 13.7. The molecular weight excluding hydrogens is 526 g/mol.